The van der Waals surface area contributed by atoms with E-state index < -0.39 is 5.60 Å². The highest BCUT2D eigenvalue weighted by Crippen LogP contribution is 2.14. The fraction of sp³-hybridized carbons (Fsp3) is 0.667. The third-order valence-electron chi connectivity index (χ3n) is 1.16. The third-order valence-corrected chi connectivity index (χ3v) is 1.16. The van der Waals surface area contributed by atoms with Crippen LogP contribution < -0.4 is 0 Å². The summed E-state index contributed by atoms with van der Waals surface area (Å²) in [7, 11) is 0. The Hall–Kier alpha value is -0.630. The summed E-state index contributed by atoms with van der Waals surface area (Å²) in [6.45, 7) is 6.81. The number of hydrogen-bond donors (Lipinski definition) is 1. The average Bonchev–Trinajstić information content (AvgIpc) is 1.53. The van der Waals surface area contributed by atoms with Gasteiger partial charge in [0, 0.05) is 0 Å². The van der Waals surface area contributed by atoms with Crippen molar-refractivity contribution in [1.29, 1.82) is 0 Å². The van der Waals surface area contributed by atoms with E-state index in [9.17, 15) is 9.90 Å². The summed E-state index contributed by atoms with van der Waals surface area (Å²) in [5.74, 6) is 0.0340. The van der Waals surface area contributed by atoms with Crippen LogP contribution in [0.2, 0.25) is 0 Å². The van der Waals surface area contributed by atoms with Crippen molar-refractivity contribution in [2.24, 2.45) is 0 Å². The number of ketones is 1. The topological polar surface area (TPSA) is 37.3 Å². The van der Waals surface area contributed by atoms with E-state index >= 15 is 0 Å². The molecule has 11 heavy (non-hydrogen) atoms. The van der Waals surface area contributed by atoms with E-state index in [4.69, 9.17) is 0 Å². The van der Waals surface area contributed by atoms with E-state index in [1.54, 1.807) is 19.9 Å². The smallest absolute Gasteiger partial charge is 0.152 e. The number of aliphatic hydroxyl groups is 1. The van der Waals surface area contributed by atoms with Crippen molar-refractivity contribution >= 4 is 5.78 Å². The van der Waals surface area contributed by atoms with Gasteiger partial charge in [-0.05, 0) is 40.2 Å². The van der Waals surface area contributed by atoms with Crippen molar-refractivity contribution in [3.8, 4) is 0 Å². The van der Waals surface area contributed by atoms with E-state index in [0.717, 1.165) is 5.57 Å². The molecule has 0 aromatic heterocycles. The van der Waals surface area contributed by atoms with Crippen molar-refractivity contribution in [1.82, 2.24) is 0 Å². The molecule has 0 spiro atoms. The lowest BCUT2D eigenvalue weighted by molar-refractivity contribution is -0.112. The molecule has 2 nitrogen and oxygen atoms in total. The molecular weight excluding hydrogens is 140 g/mol. The van der Waals surface area contributed by atoms with Gasteiger partial charge in [-0.2, -0.15) is 0 Å². The van der Waals surface area contributed by atoms with E-state index in [0.29, 0.717) is 6.42 Å². The second-order valence-corrected chi connectivity index (χ2v) is 3.59. The summed E-state index contributed by atoms with van der Waals surface area (Å²) in [5.41, 5.74) is 0.209. The molecular formula is C9H16O2. The Morgan fingerprint density at radius 1 is 1.45 bits per heavy atom. The van der Waals surface area contributed by atoms with Crippen LogP contribution in [0.4, 0.5) is 0 Å². The molecule has 0 aliphatic rings. The minimum Gasteiger partial charge on any atom is -0.390 e. The average molecular weight is 156 g/mol. The fourth-order valence-corrected chi connectivity index (χ4v) is 1.08. The molecule has 64 valence electrons. The minimum atomic E-state index is -0.712. The second kappa shape index (κ2) is 3.67. The molecule has 0 aliphatic carbocycles. The first kappa shape index (κ1) is 10.4. The molecule has 0 fully saturated rings. The molecule has 0 bridgehead atoms. The maximum Gasteiger partial charge on any atom is 0.152 e. The van der Waals surface area contributed by atoms with Crippen molar-refractivity contribution in [3.63, 3.8) is 0 Å². The van der Waals surface area contributed by atoms with Crippen molar-refractivity contribution < 1.29 is 9.90 Å². The van der Waals surface area contributed by atoms with Gasteiger partial charge in [0.2, 0.25) is 0 Å². The monoisotopic (exact) mass is 156 g/mol. The van der Waals surface area contributed by atoms with Gasteiger partial charge in [0.1, 0.15) is 0 Å². The molecule has 0 unspecified atom stereocenters. The maximum absolute atomic E-state index is 10.6. The van der Waals surface area contributed by atoms with Crippen molar-refractivity contribution in [3.05, 3.63) is 11.6 Å². The molecule has 0 saturated heterocycles. The Labute approximate surface area is 67.9 Å². The Kier molecular flexibility index (Phi) is 3.46. The molecule has 0 radical (unpaired) electrons. The normalized spacial score (nSPS) is 13.4. The van der Waals surface area contributed by atoms with Gasteiger partial charge < -0.3 is 5.11 Å². The van der Waals surface area contributed by atoms with Crippen LogP contribution in [0.1, 0.15) is 34.1 Å². The van der Waals surface area contributed by atoms with E-state index in [-0.39, 0.29) is 5.78 Å². The Morgan fingerprint density at radius 3 is 2.18 bits per heavy atom. The highest BCUT2D eigenvalue weighted by Gasteiger charge is 2.12. The number of rotatable bonds is 3. The van der Waals surface area contributed by atoms with Gasteiger partial charge in [0.15, 0.2) is 5.78 Å². The van der Waals surface area contributed by atoms with E-state index in [2.05, 4.69) is 0 Å². The van der Waals surface area contributed by atoms with Crippen LogP contribution in [0, 0.1) is 0 Å². The SMILES string of the molecule is CC(=O)/C=C(/C)CC(C)(C)O. The van der Waals surface area contributed by atoms with Crippen LogP contribution in [0.5, 0.6) is 0 Å². The largest absolute Gasteiger partial charge is 0.390 e. The summed E-state index contributed by atoms with van der Waals surface area (Å²) >= 11 is 0. The van der Waals surface area contributed by atoms with Gasteiger partial charge in [-0.15, -0.1) is 0 Å². The third kappa shape index (κ3) is 7.26. The lowest BCUT2D eigenvalue weighted by atomic mass is 9.99. The molecule has 0 saturated carbocycles. The predicted octanol–water partition coefficient (Wildman–Crippen LogP) is 1.68. The molecule has 1 N–H and O–H groups in total. The number of carbonyl (C=O) groups excluding carboxylic acids is 1. The Balaban J connectivity index is 4.07. The number of hydrogen-bond acceptors (Lipinski definition) is 2. The quantitative estimate of drug-likeness (QED) is 0.631. The number of allylic oxidation sites excluding steroid dienone is 1. The molecule has 0 aliphatic heterocycles. The first-order chi connectivity index (χ1) is 4.81. The van der Waals surface area contributed by atoms with E-state index in [1.807, 2.05) is 6.92 Å². The Morgan fingerprint density at radius 2 is 1.91 bits per heavy atom. The molecule has 0 atom stereocenters. The fourth-order valence-electron chi connectivity index (χ4n) is 1.08. The zero-order valence-electron chi connectivity index (χ0n) is 7.64. The van der Waals surface area contributed by atoms with Crippen LogP contribution in [-0.4, -0.2) is 16.5 Å². The minimum absolute atomic E-state index is 0.0340. The number of carbonyl (C=O) groups is 1. The molecule has 0 aromatic rings. The highest BCUT2D eigenvalue weighted by atomic mass is 16.3. The van der Waals surface area contributed by atoms with Gasteiger partial charge in [0.05, 0.1) is 5.60 Å². The zero-order valence-corrected chi connectivity index (χ0v) is 7.64. The lowest BCUT2D eigenvalue weighted by Gasteiger charge is -2.16. The van der Waals surface area contributed by atoms with Crippen molar-refractivity contribution in [2.45, 2.75) is 39.7 Å². The zero-order chi connectivity index (χ0) is 9.07. The molecule has 0 heterocycles. The predicted molar refractivity (Wildman–Crippen MR) is 45.4 cm³/mol. The van der Waals surface area contributed by atoms with Crippen LogP contribution in [0.25, 0.3) is 0 Å². The first-order valence-corrected chi connectivity index (χ1v) is 3.71. The van der Waals surface area contributed by atoms with Gasteiger partial charge in [-0.3, -0.25) is 4.79 Å². The van der Waals surface area contributed by atoms with Gasteiger partial charge in [-0.1, -0.05) is 5.57 Å². The van der Waals surface area contributed by atoms with Crippen molar-refractivity contribution in [2.75, 3.05) is 0 Å². The van der Waals surface area contributed by atoms with Gasteiger partial charge in [0.25, 0.3) is 0 Å². The summed E-state index contributed by atoms with van der Waals surface area (Å²) in [6.07, 6.45) is 2.10. The first-order valence-electron chi connectivity index (χ1n) is 3.71. The maximum atomic E-state index is 10.6. The van der Waals surface area contributed by atoms with Crippen LogP contribution in [0.15, 0.2) is 11.6 Å². The van der Waals surface area contributed by atoms with E-state index in [1.165, 1.54) is 6.92 Å². The molecule has 2 heteroatoms. The summed E-state index contributed by atoms with van der Waals surface area (Å²) in [5, 5.41) is 9.35. The van der Waals surface area contributed by atoms with Crippen LogP contribution in [-0.2, 0) is 4.79 Å². The van der Waals surface area contributed by atoms with Crippen LogP contribution in [0.3, 0.4) is 0 Å². The molecule has 0 aromatic carbocycles. The summed E-state index contributed by atoms with van der Waals surface area (Å²) in [4.78, 5) is 10.6. The molecule has 0 amide bonds. The second-order valence-electron chi connectivity index (χ2n) is 3.59. The van der Waals surface area contributed by atoms with Gasteiger partial charge >= 0.3 is 0 Å². The summed E-state index contributed by atoms with van der Waals surface area (Å²) < 4.78 is 0. The lowest BCUT2D eigenvalue weighted by Crippen LogP contribution is -2.18. The standard InChI is InChI=1S/C9H16O2/c1-7(5-8(2)10)6-9(3,4)11/h5,11H,6H2,1-4H3/b7-5-. The van der Waals surface area contributed by atoms with Gasteiger partial charge in [-0.25, -0.2) is 0 Å². The highest BCUT2D eigenvalue weighted by molar-refractivity contribution is 5.87. The van der Waals surface area contributed by atoms with Crippen LogP contribution >= 0.6 is 0 Å². The molecule has 0 rings (SSSR count). The Bertz CT molecular complexity index is 172. The summed E-state index contributed by atoms with van der Waals surface area (Å²) in [6, 6.07) is 0.